The molecule has 0 saturated carbocycles. The topological polar surface area (TPSA) is 15.7 Å². The number of rotatable bonds is 4. The Morgan fingerprint density at radius 1 is 1.14 bits per heavy atom. The van der Waals surface area contributed by atoms with Crippen LogP contribution in [0.25, 0.3) is 0 Å². The minimum Gasteiger partial charge on any atom is -0.405 e. The van der Waals surface area contributed by atoms with Gasteiger partial charge >= 0.3 is 6.36 Å². The Labute approximate surface area is 129 Å². The van der Waals surface area contributed by atoms with Crippen LogP contribution in [0.3, 0.4) is 0 Å². The van der Waals surface area contributed by atoms with Crippen molar-refractivity contribution in [2.24, 2.45) is 0 Å². The molecule has 0 N–H and O–H groups in total. The molecular weight excluding hydrogens is 293 g/mol. The molecule has 0 bridgehead atoms. The van der Waals surface area contributed by atoms with Gasteiger partial charge in [0, 0.05) is 37.9 Å². The molecule has 2 rings (SSSR count). The number of nitrogens with zero attached hydrogens (tertiary/aromatic N) is 2. The number of benzene rings is 1. The second-order valence-electron chi connectivity index (χ2n) is 5.85. The average molecular weight is 316 g/mol. The minimum atomic E-state index is -4.66. The molecule has 0 atom stereocenters. The van der Waals surface area contributed by atoms with Crippen LogP contribution >= 0.6 is 0 Å². The highest BCUT2D eigenvalue weighted by Crippen LogP contribution is 2.34. The lowest BCUT2D eigenvalue weighted by Gasteiger charge is -2.35. The lowest BCUT2D eigenvalue weighted by atomic mass is 10.0. The van der Waals surface area contributed by atoms with E-state index in [0.29, 0.717) is 5.56 Å². The van der Waals surface area contributed by atoms with E-state index in [0.717, 1.165) is 38.4 Å². The summed E-state index contributed by atoms with van der Waals surface area (Å²) in [6.07, 6.45) is -4.66. The van der Waals surface area contributed by atoms with E-state index >= 15 is 0 Å². The second kappa shape index (κ2) is 6.77. The SMILES string of the molecule is CCN1CCN(c2ccc(C(C)C)c(OC(F)(F)F)c2)CC1. The maximum Gasteiger partial charge on any atom is 0.573 e. The number of piperazine rings is 1. The van der Waals surface area contributed by atoms with Gasteiger partial charge in [-0.2, -0.15) is 0 Å². The maximum atomic E-state index is 12.6. The van der Waals surface area contributed by atoms with Gasteiger partial charge in [-0.1, -0.05) is 26.8 Å². The van der Waals surface area contributed by atoms with E-state index in [2.05, 4.69) is 21.5 Å². The molecule has 0 unspecified atom stereocenters. The zero-order valence-corrected chi connectivity index (χ0v) is 13.3. The summed E-state index contributed by atoms with van der Waals surface area (Å²) in [5.74, 6) is -0.110. The highest BCUT2D eigenvalue weighted by Gasteiger charge is 2.32. The van der Waals surface area contributed by atoms with E-state index in [9.17, 15) is 13.2 Å². The summed E-state index contributed by atoms with van der Waals surface area (Å²) in [6.45, 7) is 10.3. The number of anilines is 1. The maximum absolute atomic E-state index is 12.6. The number of hydrogen-bond donors (Lipinski definition) is 0. The molecule has 0 spiro atoms. The number of halogens is 3. The third-order valence-electron chi connectivity index (χ3n) is 4.03. The van der Waals surface area contributed by atoms with Crippen molar-refractivity contribution in [2.45, 2.75) is 33.1 Å². The standard InChI is InChI=1S/C16H23F3N2O/c1-4-20-7-9-21(10-8-20)13-5-6-14(12(2)3)15(11-13)22-16(17,18)19/h5-6,11-12H,4,7-10H2,1-3H3. The molecule has 1 heterocycles. The minimum absolute atomic E-state index is 0.0247. The first-order valence-electron chi connectivity index (χ1n) is 7.67. The Bertz CT molecular complexity index is 495. The fraction of sp³-hybridized carbons (Fsp3) is 0.625. The fourth-order valence-corrected chi connectivity index (χ4v) is 2.73. The van der Waals surface area contributed by atoms with Gasteiger partial charge in [0.2, 0.25) is 0 Å². The summed E-state index contributed by atoms with van der Waals surface area (Å²) in [5, 5.41) is 0. The van der Waals surface area contributed by atoms with Crippen molar-refractivity contribution in [3.05, 3.63) is 23.8 Å². The number of ether oxygens (including phenoxy) is 1. The Morgan fingerprint density at radius 3 is 2.27 bits per heavy atom. The lowest BCUT2D eigenvalue weighted by Crippen LogP contribution is -2.46. The Morgan fingerprint density at radius 2 is 1.77 bits per heavy atom. The first-order chi connectivity index (χ1) is 10.3. The lowest BCUT2D eigenvalue weighted by molar-refractivity contribution is -0.274. The third-order valence-corrected chi connectivity index (χ3v) is 4.03. The van der Waals surface area contributed by atoms with Crippen LogP contribution in [0.15, 0.2) is 18.2 Å². The fourth-order valence-electron chi connectivity index (χ4n) is 2.73. The first-order valence-corrected chi connectivity index (χ1v) is 7.67. The predicted molar refractivity (Wildman–Crippen MR) is 81.5 cm³/mol. The van der Waals surface area contributed by atoms with E-state index in [-0.39, 0.29) is 11.7 Å². The van der Waals surface area contributed by atoms with Gasteiger partial charge in [-0.15, -0.1) is 13.2 Å². The van der Waals surface area contributed by atoms with Crippen LogP contribution in [-0.2, 0) is 0 Å². The number of alkyl halides is 3. The highest BCUT2D eigenvalue weighted by molar-refractivity contribution is 5.55. The van der Waals surface area contributed by atoms with E-state index < -0.39 is 6.36 Å². The average Bonchev–Trinajstić information content (AvgIpc) is 2.45. The van der Waals surface area contributed by atoms with Crippen molar-refractivity contribution in [2.75, 3.05) is 37.6 Å². The highest BCUT2D eigenvalue weighted by atomic mass is 19.4. The smallest absolute Gasteiger partial charge is 0.405 e. The molecule has 22 heavy (non-hydrogen) atoms. The second-order valence-corrected chi connectivity index (χ2v) is 5.85. The first kappa shape index (κ1) is 16.9. The van der Waals surface area contributed by atoms with E-state index in [1.165, 1.54) is 6.07 Å². The van der Waals surface area contributed by atoms with Crippen LogP contribution in [0.5, 0.6) is 5.75 Å². The van der Waals surface area contributed by atoms with Crippen molar-refractivity contribution >= 4 is 5.69 Å². The van der Waals surface area contributed by atoms with Crippen molar-refractivity contribution in [1.29, 1.82) is 0 Å². The van der Waals surface area contributed by atoms with E-state index in [1.54, 1.807) is 6.07 Å². The van der Waals surface area contributed by atoms with Gasteiger partial charge in [0.1, 0.15) is 5.75 Å². The summed E-state index contributed by atoms with van der Waals surface area (Å²) < 4.78 is 42.1. The summed E-state index contributed by atoms with van der Waals surface area (Å²) >= 11 is 0. The van der Waals surface area contributed by atoms with Crippen LogP contribution in [0.4, 0.5) is 18.9 Å². The number of likely N-dealkylation sites (N-methyl/N-ethyl adjacent to an activating group) is 1. The third kappa shape index (κ3) is 4.29. The van der Waals surface area contributed by atoms with Gasteiger partial charge in [-0.3, -0.25) is 0 Å². The molecule has 0 radical (unpaired) electrons. The van der Waals surface area contributed by atoms with Gasteiger partial charge in [0.15, 0.2) is 0 Å². The largest absolute Gasteiger partial charge is 0.573 e. The van der Waals surface area contributed by atoms with Crippen molar-refractivity contribution in [1.82, 2.24) is 4.90 Å². The molecule has 0 aromatic heterocycles. The molecule has 1 fully saturated rings. The normalized spacial score (nSPS) is 17.1. The molecule has 1 aliphatic rings. The quantitative estimate of drug-likeness (QED) is 0.839. The van der Waals surface area contributed by atoms with Gasteiger partial charge in [0.25, 0.3) is 0 Å². The molecular formula is C16H23F3N2O. The van der Waals surface area contributed by atoms with E-state index in [1.807, 2.05) is 19.9 Å². The molecule has 3 nitrogen and oxygen atoms in total. The van der Waals surface area contributed by atoms with Gasteiger partial charge in [0.05, 0.1) is 0 Å². The van der Waals surface area contributed by atoms with Crippen LogP contribution in [0.1, 0.15) is 32.3 Å². The van der Waals surface area contributed by atoms with Crippen molar-refractivity contribution in [3.8, 4) is 5.75 Å². The van der Waals surface area contributed by atoms with Gasteiger partial charge < -0.3 is 14.5 Å². The Balaban J connectivity index is 2.21. The molecule has 0 amide bonds. The van der Waals surface area contributed by atoms with Crippen LogP contribution in [-0.4, -0.2) is 44.0 Å². The molecule has 1 aliphatic heterocycles. The molecule has 1 aromatic rings. The van der Waals surface area contributed by atoms with Crippen LogP contribution in [0.2, 0.25) is 0 Å². The number of hydrogen-bond acceptors (Lipinski definition) is 3. The van der Waals surface area contributed by atoms with Crippen molar-refractivity contribution < 1.29 is 17.9 Å². The molecule has 1 saturated heterocycles. The molecule has 124 valence electrons. The molecule has 6 heteroatoms. The summed E-state index contributed by atoms with van der Waals surface area (Å²) in [6, 6.07) is 5.15. The summed E-state index contributed by atoms with van der Waals surface area (Å²) in [4.78, 5) is 4.44. The van der Waals surface area contributed by atoms with Gasteiger partial charge in [-0.25, -0.2) is 0 Å². The predicted octanol–water partition coefficient (Wildman–Crippen LogP) is 3.85. The molecule has 1 aromatic carbocycles. The molecule has 0 aliphatic carbocycles. The van der Waals surface area contributed by atoms with Gasteiger partial charge in [-0.05, 0) is 24.1 Å². The zero-order chi connectivity index (χ0) is 16.3. The summed E-state index contributed by atoms with van der Waals surface area (Å²) in [7, 11) is 0. The Kier molecular flexibility index (Phi) is 5.21. The Hall–Kier alpha value is -1.43. The van der Waals surface area contributed by atoms with Crippen molar-refractivity contribution in [3.63, 3.8) is 0 Å². The monoisotopic (exact) mass is 316 g/mol. The van der Waals surface area contributed by atoms with Crippen LogP contribution < -0.4 is 9.64 Å². The van der Waals surface area contributed by atoms with Crippen LogP contribution in [0, 0.1) is 0 Å². The zero-order valence-electron chi connectivity index (χ0n) is 13.3. The summed E-state index contributed by atoms with van der Waals surface area (Å²) in [5.41, 5.74) is 1.37. The van der Waals surface area contributed by atoms with E-state index in [4.69, 9.17) is 0 Å².